The molecule has 8 nitrogen and oxygen atoms in total. The predicted molar refractivity (Wildman–Crippen MR) is 72.3 cm³/mol. The van der Waals surface area contributed by atoms with Crippen LogP contribution in [0.3, 0.4) is 0 Å². The zero-order valence-corrected chi connectivity index (χ0v) is 15.8. The number of nitrogens with one attached hydrogen (secondary N) is 1. The molecule has 0 amide bonds. The number of alkyl halides is 14. The van der Waals surface area contributed by atoms with Crippen molar-refractivity contribution in [3.63, 3.8) is 0 Å². The fraction of sp³-hybridized carbons (Fsp3) is 0.727. The summed E-state index contributed by atoms with van der Waals surface area (Å²) in [4.78, 5) is 51.8. The molecule has 23 heteroatoms. The van der Waals surface area contributed by atoms with Crippen LogP contribution in [0, 0.1) is 0 Å². The van der Waals surface area contributed by atoms with E-state index in [1.807, 2.05) is 0 Å². The molecule has 200 valence electrons. The standard InChI is InChI=1S/C11H6F14NO7P/c12-6(13,8(16,17)10(20,21)22)3(29)5(34(31,32)33,26-1-2(27)28)4(30)7(14,15)9(18,19)11(23,24)25/h26H,1H2,(H,27,28)(H2,31,32,33). The van der Waals surface area contributed by atoms with Crippen LogP contribution in [-0.4, -0.2) is 80.3 Å². The summed E-state index contributed by atoms with van der Waals surface area (Å²) < 4.78 is 193. The summed E-state index contributed by atoms with van der Waals surface area (Å²) in [5.74, 6) is -43.9. The first-order valence-corrected chi connectivity index (χ1v) is 8.86. The smallest absolute Gasteiger partial charge is 0.460 e. The van der Waals surface area contributed by atoms with E-state index in [4.69, 9.17) is 14.9 Å². The minimum Gasteiger partial charge on any atom is -0.480 e. The minimum absolute atomic E-state index is 0.0916. The Labute approximate surface area is 175 Å². The normalized spacial score (nSPS) is 15.3. The van der Waals surface area contributed by atoms with Crippen LogP contribution in [0.2, 0.25) is 0 Å². The van der Waals surface area contributed by atoms with Crippen molar-refractivity contribution in [2.24, 2.45) is 0 Å². The molecule has 0 radical (unpaired) electrons. The third kappa shape index (κ3) is 4.71. The summed E-state index contributed by atoms with van der Waals surface area (Å²) in [6.45, 7) is -2.69. The molecule has 0 unspecified atom stereocenters. The lowest BCUT2D eigenvalue weighted by Gasteiger charge is -2.39. The number of ketones is 2. The first kappa shape index (κ1) is 31.9. The van der Waals surface area contributed by atoms with Gasteiger partial charge in [-0.25, -0.2) is 0 Å². The molecule has 0 aliphatic heterocycles. The maximum absolute atomic E-state index is 13.8. The Bertz CT molecular complexity index is 839. The topological polar surface area (TPSA) is 141 Å². The van der Waals surface area contributed by atoms with Crippen LogP contribution < -0.4 is 5.32 Å². The van der Waals surface area contributed by atoms with E-state index in [9.17, 15) is 80.4 Å². The highest BCUT2D eigenvalue weighted by Gasteiger charge is 2.86. The second kappa shape index (κ2) is 8.55. The summed E-state index contributed by atoms with van der Waals surface area (Å²) in [7, 11) is -7.95. The van der Waals surface area contributed by atoms with Gasteiger partial charge >= 0.3 is 49.6 Å². The summed E-state index contributed by atoms with van der Waals surface area (Å²) in [5, 5.41) is 1.73. The van der Waals surface area contributed by atoms with Crippen LogP contribution in [0.25, 0.3) is 0 Å². The summed E-state index contributed by atoms with van der Waals surface area (Å²) in [5.41, 5.74) is 0. The van der Waals surface area contributed by atoms with Gasteiger partial charge < -0.3 is 14.9 Å². The van der Waals surface area contributed by atoms with Crippen molar-refractivity contribution < 1.29 is 95.3 Å². The molecule has 4 N–H and O–H groups in total. The molecule has 0 aromatic carbocycles. The lowest BCUT2D eigenvalue weighted by Crippen LogP contribution is -2.73. The van der Waals surface area contributed by atoms with Crippen molar-refractivity contribution >= 4 is 25.1 Å². The molecule has 34 heavy (non-hydrogen) atoms. The number of carboxylic acids is 1. The molecular weight excluding hydrogens is 555 g/mol. The van der Waals surface area contributed by atoms with Crippen molar-refractivity contribution in [3.05, 3.63) is 0 Å². The number of Topliss-reactive ketones (excluding diaryl/α,β-unsaturated/α-hetero) is 2. The monoisotopic (exact) mass is 561 g/mol. The van der Waals surface area contributed by atoms with Gasteiger partial charge in [0.2, 0.25) is 11.6 Å². The molecule has 0 aliphatic carbocycles. The maximum Gasteiger partial charge on any atom is 0.460 e. The minimum atomic E-state index is -7.95. The Hall–Kier alpha value is -2.06. The zero-order valence-electron chi connectivity index (χ0n) is 14.9. The predicted octanol–water partition coefficient (Wildman–Crippen LogP) is 2.34. The summed E-state index contributed by atoms with van der Waals surface area (Å²) in [6, 6.07) is 0. The fourth-order valence-electron chi connectivity index (χ4n) is 1.93. The quantitative estimate of drug-likeness (QED) is 0.181. The van der Waals surface area contributed by atoms with Crippen LogP contribution in [0.4, 0.5) is 61.5 Å². The van der Waals surface area contributed by atoms with E-state index in [0.29, 0.717) is 0 Å². The molecule has 0 bridgehead atoms. The second-order valence-electron chi connectivity index (χ2n) is 5.95. The van der Waals surface area contributed by atoms with Gasteiger partial charge in [0, 0.05) is 0 Å². The van der Waals surface area contributed by atoms with Crippen LogP contribution in [-0.2, 0) is 18.9 Å². The van der Waals surface area contributed by atoms with Gasteiger partial charge in [-0.3, -0.25) is 24.3 Å². The molecule has 0 rings (SSSR count). The maximum atomic E-state index is 13.8. The molecule has 0 saturated carbocycles. The Kier molecular flexibility index (Phi) is 8.04. The number of hydrogen-bond acceptors (Lipinski definition) is 5. The van der Waals surface area contributed by atoms with Crippen molar-refractivity contribution in [1.82, 2.24) is 5.32 Å². The van der Waals surface area contributed by atoms with Crippen molar-refractivity contribution in [2.75, 3.05) is 6.54 Å². The van der Waals surface area contributed by atoms with E-state index in [2.05, 4.69) is 0 Å². The summed E-state index contributed by atoms with van der Waals surface area (Å²) in [6.07, 6.45) is -15.2. The average Bonchev–Trinajstić information content (AvgIpc) is 2.57. The number of aliphatic carboxylic acids is 1. The number of halogens is 14. The van der Waals surface area contributed by atoms with Gasteiger partial charge in [-0.1, -0.05) is 0 Å². The van der Waals surface area contributed by atoms with Gasteiger partial charge in [0.05, 0.1) is 6.54 Å². The van der Waals surface area contributed by atoms with E-state index < -0.39 is 73.0 Å². The van der Waals surface area contributed by atoms with Crippen molar-refractivity contribution in [3.8, 4) is 0 Å². The zero-order chi connectivity index (χ0) is 28.1. The molecule has 0 atom stereocenters. The van der Waals surface area contributed by atoms with Gasteiger partial charge in [-0.05, 0) is 0 Å². The number of carboxylic acid groups (broad SMARTS) is 1. The van der Waals surface area contributed by atoms with Gasteiger partial charge in [0.25, 0.3) is 5.28 Å². The molecule has 0 heterocycles. The molecule has 0 saturated heterocycles. The number of carbonyl (C=O) groups is 3. The highest BCUT2D eigenvalue weighted by molar-refractivity contribution is 7.56. The SMILES string of the molecule is O=C(O)CNC(C(=O)C(F)(F)C(F)(F)C(F)(F)F)(C(=O)C(F)(F)C(F)(F)C(F)(F)F)P(=O)(O)O. The highest BCUT2D eigenvalue weighted by atomic mass is 31.2. The molecule has 0 aliphatic rings. The van der Waals surface area contributed by atoms with Gasteiger partial charge in [-0.2, -0.15) is 61.5 Å². The van der Waals surface area contributed by atoms with Crippen LogP contribution in [0.1, 0.15) is 0 Å². The van der Waals surface area contributed by atoms with Crippen LogP contribution in [0.15, 0.2) is 0 Å². The first-order chi connectivity index (χ1) is 14.5. The Morgan fingerprint density at radius 2 is 0.912 bits per heavy atom. The third-order valence-electron chi connectivity index (χ3n) is 3.66. The molecule has 0 aromatic heterocycles. The van der Waals surface area contributed by atoms with Crippen LogP contribution in [0.5, 0.6) is 0 Å². The molecular formula is C11H6F14NO7P. The first-order valence-electron chi connectivity index (χ1n) is 7.25. The van der Waals surface area contributed by atoms with Crippen molar-refractivity contribution in [2.45, 2.75) is 41.3 Å². The fourth-order valence-corrected chi connectivity index (χ4v) is 3.03. The van der Waals surface area contributed by atoms with Gasteiger partial charge in [0.1, 0.15) is 0 Å². The van der Waals surface area contributed by atoms with E-state index >= 15 is 0 Å². The average molecular weight is 561 g/mol. The summed E-state index contributed by atoms with van der Waals surface area (Å²) >= 11 is 0. The van der Waals surface area contributed by atoms with E-state index in [1.165, 1.54) is 0 Å². The van der Waals surface area contributed by atoms with E-state index in [-0.39, 0.29) is 5.32 Å². The molecule has 0 aromatic rings. The largest absolute Gasteiger partial charge is 0.480 e. The number of carbonyl (C=O) groups excluding carboxylic acids is 2. The molecule has 0 spiro atoms. The van der Waals surface area contributed by atoms with Crippen LogP contribution >= 0.6 is 7.60 Å². The van der Waals surface area contributed by atoms with E-state index in [0.717, 1.165) is 0 Å². The van der Waals surface area contributed by atoms with E-state index in [1.54, 1.807) is 0 Å². The Morgan fingerprint density at radius 3 is 1.09 bits per heavy atom. The lowest BCUT2D eigenvalue weighted by atomic mass is 9.91. The number of hydrogen-bond donors (Lipinski definition) is 4. The Morgan fingerprint density at radius 1 is 0.647 bits per heavy atom. The lowest BCUT2D eigenvalue weighted by molar-refractivity contribution is -0.347. The van der Waals surface area contributed by atoms with Crippen molar-refractivity contribution in [1.29, 1.82) is 0 Å². The van der Waals surface area contributed by atoms with Gasteiger partial charge in [-0.15, -0.1) is 0 Å². The number of rotatable bonds is 10. The highest BCUT2D eigenvalue weighted by Crippen LogP contribution is 2.59. The Balaban J connectivity index is 7.56. The molecule has 0 fully saturated rings. The van der Waals surface area contributed by atoms with Gasteiger partial charge in [0.15, 0.2) is 0 Å². The third-order valence-corrected chi connectivity index (χ3v) is 5.10. The second-order valence-corrected chi connectivity index (χ2v) is 7.71.